The van der Waals surface area contributed by atoms with E-state index in [1.54, 1.807) is 18.2 Å². The van der Waals surface area contributed by atoms with Crippen LogP contribution in [0.1, 0.15) is 41.8 Å². The fourth-order valence-electron chi connectivity index (χ4n) is 2.06. The summed E-state index contributed by atoms with van der Waals surface area (Å²) in [5.41, 5.74) is 1.89. The van der Waals surface area contributed by atoms with Crippen LogP contribution in [0.3, 0.4) is 0 Å². The number of hydrazone groups is 1. The normalized spacial score (nSPS) is 12.8. The molecule has 0 unspecified atom stereocenters. The molecule has 0 heterocycles. The number of alkyl halides is 3. The first kappa shape index (κ1) is 21.0. The summed E-state index contributed by atoms with van der Waals surface area (Å²) >= 11 is 3.41. The maximum Gasteiger partial charge on any atom is 0.416 e. The molecule has 0 aromatic heterocycles. The van der Waals surface area contributed by atoms with Gasteiger partial charge in [0.05, 0.1) is 22.4 Å². The van der Waals surface area contributed by atoms with Crippen molar-refractivity contribution >= 4 is 28.1 Å². The van der Waals surface area contributed by atoms with Crippen LogP contribution in [-0.2, 0) is 6.18 Å². The molecular formula is C19H18BrF3N2O2. The van der Waals surface area contributed by atoms with Gasteiger partial charge in [-0.1, -0.05) is 13.0 Å². The lowest BCUT2D eigenvalue weighted by molar-refractivity contribution is -0.137. The molecule has 0 saturated heterocycles. The molecule has 0 aliphatic carbocycles. The lowest BCUT2D eigenvalue weighted by atomic mass is 10.1. The Morgan fingerprint density at radius 3 is 2.67 bits per heavy atom. The van der Waals surface area contributed by atoms with Gasteiger partial charge in [-0.05, 0) is 71.2 Å². The Kier molecular flexibility index (Phi) is 7.01. The number of amides is 1. The summed E-state index contributed by atoms with van der Waals surface area (Å²) in [7, 11) is 0. The monoisotopic (exact) mass is 442 g/mol. The van der Waals surface area contributed by atoms with E-state index in [2.05, 4.69) is 26.5 Å². The first-order valence-electron chi connectivity index (χ1n) is 8.17. The van der Waals surface area contributed by atoms with Crippen LogP contribution in [0.5, 0.6) is 5.75 Å². The number of nitrogens with zero attached hydrogens (tertiary/aromatic N) is 1. The van der Waals surface area contributed by atoms with Crippen molar-refractivity contribution in [3.8, 4) is 5.75 Å². The molecule has 1 amide bonds. The Balaban J connectivity index is 2.03. The third-order valence-corrected chi connectivity index (χ3v) is 4.31. The van der Waals surface area contributed by atoms with Crippen LogP contribution in [0, 0.1) is 0 Å². The van der Waals surface area contributed by atoms with Gasteiger partial charge in [-0.25, -0.2) is 5.43 Å². The highest BCUT2D eigenvalue weighted by Gasteiger charge is 2.30. The second kappa shape index (κ2) is 9.03. The Morgan fingerprint density at radius 1 is 1.30 bits per heavy atom. The molecule has 0 saturated carbocycles. The highest BCUT2D eigenvalue weighted by molar-refractivity contribution is 9.10. The molecule has 4 nitrogen and oxygen atoms in total. The maximum absolute atomic E-state index is 12.7. The number of carbonyl (C=O) groups excluding carboxylic acids is 1. The summed E-state index contributed by atoms with van der Waals surface area (Å²) in [4.78, 5) is 12.0. The number of rotatable bonds is 6. The molecule has 2 aromatic rings. The maximum atomic E-state index is 12.7. The minimum absolute atomic E-state index is 0.0765. The van der Waals surface area contributed by atoms with Crippen LogP contribution in [0.15, 0.2) is 52.0 Å². The van der Waals surface area contributed by atoms with Crippen molar-refractivity contribution in [3.63, 3.8) is 0 Å². The van der Waals surface area contributed by atoms with Crippen LogP contribution in [-0.4, -0.2) is 18.2 Å². The molecule has 0 spiro atoms. The molecule has 0 bridgehead atoms. The van der Waals surface area contributed by atoms with Gasteiger partial charge in [0, 0.05) is 5.56 Å². The zero-order valence-electron chi connectivity index (χ0n) is 14.7. The molecule has 2 rings (SSSR count). The van der Waals surface area contributed by atoms with Gasteiger partial charge in [0.1, 0.15) is 5.75 Å². The molecule has 0 aliphatic rings. The standard InChI is InChI=1S/C19H18BrF3N2O2/c1-3-12(2)27-17-8-7-13(9-16(17)20)11-24-25-18(26)14-5-4-6-15(10-14)19(21,22)23/h4-12H,3H2,1-2H3,(H,25,26)/b24-11-/t12-/m0/s1. The van der Waals surface area contributed by atoms with Crippen LogP contribution in [0.4, 0.5) is 13.2 Å². The second-order valence-electron chi connectivity index (χ2n) is 5.80. The molecule has 2 aromatic carbocycles. The first-order valence-corrected chi connectivity index (χ1v) is 8.97. The summed E-state index contributed by atoms with van der Waals surface area (Å²) in [6, 6.07) is 9.43. The fraction of sp³-hybridized carbons (Fsp3) is 0.263. The minimum atomic E-state index is -4.51. The minimum Gasteiger partial charge on any atom is -0.490 e. The predicted octanol–water partition coefficient (Wildman–Crippen LogP) is 5.41. The van der Waals surface area contributed by atoms with Gasteiger partial charge >= 0.3 is 6.18 Å². The molecule has 0 fully saturated rings. The van der Waals surface area contributed by atoms with Gasteiger partial charge in [-0.2, -0.15) is 18.3 Å². The van der Waals surface area contributed by atoms with Crippen LogP contribution in [0.25, 0.3) is 0 Å². The summed E-state index contributed by atoms with van der Waals surface area (Å²) in [6.45, 7) is 3.98. The fourth-order valence-corrected chi connectivity index (χ4v) is 2.55. The Labute approximate surface area is 163 Å². The van der Waals surface area contributed by atoms with Gasteiger partial charge in [0.2, 0.25) is 0 Å². The van der Waals surface area contributed by atoms with Crippen LogP contribution < -0.4 is 10.2 Å². The molecule has 27 heavy (non-hydrogen) atoms. The molecule has 0 aliphatic heterocycles. The number of halogens is 4. The Bertz CT molecular complexity index is 838. The number of benzene rings is 2. The molecular weight excluding hydrogens is 425 g/mol. The third-order valence-electron chi connectivity index (χ3n) is 3.69. The van der Waals surface area contributed by atoms with E-state index in [4.69, 9.17) is 4.74 Å². The van der Waals surface area contributed by atoms with Crippen molar-refractivity contribution in [3.05, 3.63) is 63.6 Å². The van der Waals surface area contributed by atoms with E-state index in [0.29, 0.717) is 11.3 Å². The van der Waals surface area contributed by atoms with Gasteiger partial charge in [0.25, 0.3) is 5.91 Å². The number of hydrogen-bond acceptors (Lipinski definition) is 3. The molecule has 0 radical (unpaired) electrons. The topological polar surface area (TPSA) is 50.7 Å². The number of ether oxygens (including phenoxy) is 1. The lowest BCUT2D eigenvalue weighted by Gasteiger charge is -2.14. The van der Waals surface area contributed by atoms with E-state index in [1.165, 1.54) is 18.3 Å². The first-order chi connectivity index (χ1) is 12.7. The molecule has 1 atom stereocenters. The van der Waals surface area contributed by atoms with Gasteiger partial charge in [-0.3, -0.25) is 4.79 Å². The SMILES string of the molecule is CC[C@H](C)Oc1ccc(/C=N\NC(=O)c2cccc(C(F)(F)F)c2)cc1Br. The quantitative estimate of drug-likeness (QED) is 0.480. The zero-order chi connectivity index (χ0) is 20.0. The summed E-state index contributed by atoms with van der Waals surface area (Å²) in [5.74, 6) is -0.0392. The van der Waals surface area contributed by atoms with Crippen molar-refractivity contribution in [1.29, 1.82) is 0 Å². The van der Waals surface area contributed by atoms with Gasteiger partial charge < -0.3 is 4.74 Å². The highest BCUT2D eigenvalue weighted by Crippen LogP contribution is 2.29. The van der Waals surface area contributed by atoms with E-state index in [-0.39, 0.29) is 11.7 Å². The highest BCUT2D eigenvalue weighted by atomic mass is 79.9. The molecule has 1 N–H and O–H groups in total. The predicted molar refractivity (Wildman–Crippen MR) is 101 cm³/mol. The van der Waals surface area contributed by atoms with Crippen molar-refractivity contribution in [2.45, 2.75) is 32.5 Å². The summed E-state index contributed by atoms with van der Waals surface area (Å²) < 4.78 is 44.6. The van der Waals surface area contributed by atoms with Gasteiger partial charge in [-0.15, -0.1) is 0 Å². The Hall–Kier alpha value is -2.35. The largest absolute Gasteiger partial charge is 0.490 e. The van der Waals surface area contributed by atoms with Crippen LogP contribution >= 0.6 is 15.9 Å². The van der Waals surface area contributed by atoms with E-state index < -0.39 is 17.6 Å². The van der Waals surface area contributed by atoms with E-state index in [1.807, 2.05) is 13.8 Å². The summed E-state index contributed by atoms with van der Waals surface area (Å²) in [6.07, 6.45) is -2.17. The summed E-state index contributed by atoms with van der Waals surface area (Å²) in [5, 5.41) is 3.79. The van der Waals surface area contributed by atoms with E-state index in [0.717, 1.165) is 23.0 Å². The van der Waals surface area contributed by atoms with Crippen molar-refractivity contribution in [1.82, 2.24) is 5.43 Å². The van der Waals surface area contributed by atoms with Crippen molar-refractivity contribution in [2.75, 3.05) is 0 Å². The Morgan fingerprint density at radius 2 is 2.04 bits per heavy atom. The second-order valence-corrected chi connectivity index (χ2v) is 6.66. The molecule has 144 valence electrons. The number of carbonyl (C=O) groups is 1. The lowest BCUT2D eigenvalue weighted by Crippen LogP contribution is -2.18. The zero-order valence-corrected chi connectivity index (χ0v) is 16.3. The van der Waals surface area contributed by atoms with Crippen molar-refractivity contribution < 1.29 is 22.7 Å². The third kappa shape index (κ3) is 6.09. The average Bonchev–Trinajstić information content (AvgIpc) is 2.63. The van der Waals surface area contributed by atoms with E-state index in [9.17, 15) is 18.0 Å². The van der Waals surface area contributed by atoms with E-state index >= 15 is 0 Å². The number of hydrogen-bond donors (Lipinski definition) is 1. The molecule has 8 heteroatoms. The van der Waals surface area contributed by atoms with Crippen molar-refractivity contribution in [2.24, 2.45) is 5.10 Å². The average molecular weight is 443 g/mol. The smallest absolute Gasteiger partial charge is 0.416 e. The number of nitrogens with one attached hydrogen (secondary N) is 1. The van der Waals surface area contributed by atoms with Crippen LogP contribution in [0.2, 0.25) is 0 Å². The van der Waals surface area contributed by atoms with Gasteiger partial charge in [0.15, 0.2) is 0 Å².